The van der Waals surface area contributed by atoms with Gasteiger partial charge in [-0.1, -0.05) is 23.7 Å². The predicted octanol–water partition coefficient (Wildman–Crippen LogP) is 4.58. The molecule has 1 aromatic heterocycles. The molecule has 0 spiro atoms. The summed E-state index contributed by atoms with van der Waals surface area (Å²) in [4.78, 5) is 0. The maximum atomic E-state index is 13.2. The predicted molar refractivity (Wildman–Crippen MR) is 78.4 cm³/mol. The van der Waals surface area contributed by atoms with E-state index in [1.807, 2.05) is 19.1 Å². The number of fused-ring (bicyclic) bond motifs is 1. The molecule has 2 N–H and O–H groups in total. The Balaban J connectivity index is 2.09. The van der Waals surface area contributed by atoms with Gasteiger partial charge < -0.3 is 10.2 Å². The van der Waals surface area contributed by atoms with E-state index in [1.54, 1.807) is 18.2 Å². The number of hydrogen-bond acceptors (Lipinski definition) is 2. The van der Waals surface area contributed by atoms with E-state index in [-0.39, 0.29) is 5.82 Å². The van der Waals surface area contributed by atoms with Gasteiger partial charge in [0.05, 0.1) is 6.04 Å². The van der Waals surface area contributed by atoms with Crippen LogP contribution in [0.25, 0.3) is 11.0 Å². The highest BCUT2D eigenvalue weighted by Crippen LogP contribution is 2.32. The van der Waals surface area contributed by atoms with E-state index < -0.39 is 6.04 Å². The van der Waals surface area contributed by atoms with Crippen molar-refractivity contribution in [3.05, 3.63) is 70.2 Å². The van der Waals surface area contributed by atoms with Gasteiger partial charge in [-0.25, -0.2) is 4.39 Å². The van der Waals surface area contributed by atoms with Crippen LogP contribution in [0.4, 0.5) is 4.39 Å². The summed E-state index contributed by atoms with van der Waals surface area (Å²) < 4.78 is 19.0. The van der Waals surface area contributed by atoms with Crippen LogP contribution >= 0.6 is 11.6 Å². The lowest BCUT2D eigenvalue weighted by molar-refractivity contribution is 0.518. The SMILES string of the molecule is Cc1c(C(N)c2ccc(Cl)cc2)oc2cc(F)ccc12. The summed E-state index contributed by atoms with van der Waals surface area (Å²) in [6.45, 7) is 1.93. The fourth-order valence-corrected chi connectivity index (χ4v) is 2.46. The summed E-state index contributed by atoms with van der Waals surface area (Å²) in [6, 6.07) is 11.4. The molecule has 0 bridgehead atoms. The molecule has 1 atom stereocenters. The van der Waals surface area contributed by atoms with Crippen molar-refractivity contribution in [2.45, 2.75) is 13.0 Å². The molecule has 2 aromatic carbocycles. The Labute approximate surface area is 121 Å². The van der Waals surface area contributed by atoms with E-state index >= 15 is 0 Å². The first-order valence-corrected chi connectivity index (χ1v) is 6.63. The summed E-state index contributed by atoms with van der Waals surface area (Å²) >= 11 is 5.87. The van der Waals surface area contributed by atoms with Gasteiger partial charge in [0.15, 0.2) is 0 Å². The van der Waals surface area contributed by atoms with Gasteiger partial charge in [0.25, 0.3) is 0 Å². The number of aryl methyl sites for hydroxylation is 1. The number of nitrogens with two attached hydrogens (primary N) is 1. The Kier molecular flexibility index (Phi) is 3.24. The average molecular weight is 290 g/mol. The van der Waals surface area contributed by atoms with Crippen LogP contribution in [0, 0.1) is 12.7 Å². The quantitative estimate of drug-likeness (QED) is 0.750. The Morgan fingerprint density at radius 3 is 2.55 bits per heavy atom. The molecule has 0 saturated heterocycles. The van der Waals surface area contributed by atoms with Crippen molar-refractivity contribution in [1.29, 1.82) is 0 Å². The van der Waals surface area contributed by atoms with E-state index in [2.05, 4.69) is 0 Å². The third kappa shape index (κ3) is 2.19. The fourth-order valence-electron chi connectivity index (χ4n) is 2.34. The van der Waals surface area contributed by atoms with E-state index in [9.17, 15) is 4.39 Å². The van der Waals surface area contributed by atoms with Crippen molar-refractivity contribution in [3.8, 4) is 0 Å². The summed E-state index contributed by atoms with van der Waals surface area (Å²) in [5.74, 6) is 0.325. The van der Waals surface area contributed by atoms with Crippen LogP contribution in [0.15, 0.2) is 46.9 Å². The Morgan fingerprint density at radius 1 is 1.15 bits per heavy atom. The smallest absolute Gasteiger partial charge is 0.137 e. The van der Waals surface area contributed by atoms with Crippen LogP contribution in [0.2, 0.25) is 5.02 Å². The molecule has 102 valence electrons. The minimum Gasteiger partial charge on any atom is -0.459 e. The third-order valence-corrected chi connectivity index (χ3v) is 3.70. The molecule has 0 radical (unpaired) electrons. The van der Waals surface area contributed by atoms with Crippen molar-refractivity contribution in [3.63, 3.8) is 0 Å². The molecule has 3 rings (SSSR count). The zero-order valence-electron chi connectivity index (χ0n) is 10.9. The molecular weight excluding hydrogens is 277 g/mol. The summed E-state index contributed by atoms with van der Waals surface area (Å²) in [5, 5.41) is 1.54. The second kappa shape index (κ2) is 4.93. The lowest BCUT2D eigenvalue weighted by Crippen LogP contribution is -2.11. The minimum absolute atomic E-state index is 0.321. The molecular formula is C16H13ClFNO. The molecule has 0 aliphatic rings. The van der Waals surface area contributed by atoms with Gasteiger partial charge in [-0.2, -0.15) is 0 Å². The molecule has 3 aromatic rings. The van der Waals surface area contributed by atoms with Gasteiger partial charge in [-0.3, -0.25) is 0 Å². The van der Waals surface area contributed by atoms with E-state index in [0.717, 1.165) is 16.5 Å². The van der Waals surface area contributed by atoms with Gasteiger partial charge in [-0.15, -0.1) is 0 Å². The first-order chi connectivity index (χ1) is 9.56. The molecule has 0 aliphatic carbocycles. The fraction of sp³-hybridized carbons (Fsp3) is 0.125. The van der Waals surface area contributed by atoms with Gasteiger partial charge in [0, 0.05) is 22.0 Å². The molecule has 0 fully saturated rings. The van der Waals surface area contributed by atoms with Crippen LogP contribution in [-0.4, -0.2) is 0 Å². The number of halogens is 2. The Bertz CT molecular complexity index is 764. The first-order valence-electron chi connectivity index (χ1n) is 6.26. The summed E-state index contributed by atoms with van der Waals surface area (Å²) in [7, 11) is 0. The van der Waals surface area contributed by atoms with Crippen LogP contribution in [0.5, 0.6) is 0 Å². The zero-order valence-corrected chi connectivity index (χ0v) is 11.6. The Morgan fingerprint density at radius 2 is 1.85 bits per heavy atom. The molecule has 1 unspecified atom stereocenters. The number of rotatable bonds is 2. The monoisotopic (exact) mass is 289 g/mol. The molecule has 0 aliphatic heterocycles. The second-order valence-corrected chi connectivity index (χ2v) is 5.20. The summed E-state index contributed by atoms with van der Waals surface area (Å²) in [6.07, 6.45) is 0. The molecule has 0 saturated carbocycles. The molecule has 2 nitrogen and oxygen atoms in total. The highest BCUT2D eigenvalue weighted by Gasteiger charge is 2.18. The summed E-state index contributed by atoms with van der Waals surface area (Å²) in [5.41, 5.74) is 8.59. The zero-order chi connectivity index (χ0) is 14.3. The topological polar surface area (TPSA) is 39.2 Å². The van der Waals surface area contributed by atoms with E-state index in [1.165, 1.54) is 12.1 Å². The van der Waals surface area contributed by atoms with Gasteiger partial charge in [0.1, 0.15) is 17.2 Å². The highest BCUT2D eigenvalue weighted by molar-refractivity contribution is 6.30. The van der Waals surface area contributed by atoms with Crippen molar-refractivity contribution in [1.82, 2.24) is 0 Å². The van der Waals surface area contributed by atoms with Crippen LogP contribution in [0.1, 0.15) is 22.9 Å². The maximum absolute atomic E-state index is 13.2. The first kappa shape index (κ1) is 13.2. The van der Waals surface area contributed by atoms with Crippen molar-refractivity contribution in [2.24, 2.45) is 5.73 Å². The van der Waals surface area contributed by atoms with Crippen molar-refractivity contribution in [2.75, 3.05) is 0 Å². The molecule has 0 amide bonds. The van der Waals surface area contributed by atoms with Gasteiger partial charge in [0.2, 0.25) is 0 Å². The maximum Gasteiger partial charge on any atom is 0.137 e. The van der Waals surface area contributed by atoms with Gasteiger partial charge >= 0.3 is 0 Å². The second-order valence-electron chi connectivity index (χ2n) is 4.76. The standard InChI is InChI=1S/C16H13ClFNO/c1-9-13-7-6-12(18)8-14(13)20-16(9)15(19)10-2-4-11(17)5-3-10/h2-8,15H,19H2,1H3. The number of benzene rings is 2. The molecule has 1 heterocycles. The van der Waals surface area contributed by atoms with E-state index in [4.69, 9.17) is 21.8 Å². The van der Waals surface area contributed by atoms with Crippen molar-refractivity contribution < 1.29 is 8.81 Å². The highest BCUT2D eigenvalue weighted by atomic mass is 35.5. The lowest BCUT2D eigenvalue weighted by Gasteiger charge is -2.10. The van der Waals surface area contributed by atoms with Crippen LogP contribution < -0.4 is 5.73 Å². The van der Waals surface area contributed by atoms with Gasteiger partial charge in [-0.05, 0) is 36.8 Å². The Hall–Kier alpha value is -1.84. The van der Waals surface area contributed by atoms with Crippen molar-refractivity contribution >= 4 is 22.6 Å². The lowest BCUT2D eigenvalue weighted by atomic mass is 10.0. The van der Waals surface area contributed by atoms with Crippen LogP contribution in [-0.2, 0) is 0 Å². The molecule has 4 heteroatoms. The normalized spacial score (nSPS) is 12.8. The average Bonchev–Trinajstić information content (AvgIpc) is 2.75. The van der Waals surface area contributed by atoms with Crippen LogP contribution in [0.3, 0.4) is 0 Å². The minimum atomic E-state index is -0.400. The number of hydrogen-bond donors (Lipinski definition) is 1. The molecule has 20 heavy (non-hydrogen) atoms. The number of furan rings is 1. The van der Waals surface area contributed by atoms with E-state index in [0.29, 0.717) is 16.4 Å². The largest absolute Gasteiger partial charge is 0.459 e. The third-order valence-electron chi connectivity index (χ3n) is 3.45.